The third-order valence-corrected chi connectivity index (χ3v) is 2.91. The Balaban J connectivity index is 2.15. The summed E-state index contributed by atoms with van der Waals surface area (Å²) in [6, 6.07) is 10.7. The molecular weight excluding hydrogens is 222 g/mol. The van der Waals surface area contributed by atoms with Gasteiger partial charge in [-0.2, -0.15) is 0 Å². The predicted molar refractivity (Wildman–Crippen MR) is 74.7 cm³/mol. The van der Waals surface area contributed by atoms with Crippen LogP contribution in [0.15, 0.2) is 30.3 Å². The summed E-state index contributed by atoms with van der Waals surface area (Å²) in [6.07, 6.45) is 0. The van der Waals surface area contributed by atoms with Crippen LogP contribution < -0.4 is 5.32 Å². The van der Waals surface area contributed by atoms with Crippen molar-refractivity contribution in [3.05, 3.63) is 52.8 Å². The Kier molecular flexibility index (Phi) is 3.60. The molecule has 0 spiro atoms. The van der Waals surface area contributed by atoms with Crippen LogP contribution in [0.5, 0.6) is 0 Å². The van der Waals surface area contributed by atoms with Crippen molar-refractivity contribution in [2.45, 2.75) is 33.7 Å². The first-order valence-electron chi connectivity index (χ1n) is 6.20. The highest BCUT2D eigenvalue weighted by atomic mass is 15.1. The Morgan fingerprint density at radius 3 is 2.06 bits per heavy atom. The number of rotatable bonds is 3. The molecule has 0 aliphatic carbocycles. The highest BCUT2D eigenvalue weighted by Gasteiger charge is 2.07. The zero-order chi connectivity index (χ0) is 13.1. The van der Waals surface area contributed by atoms with Gasteiger partial charge in [0, 0.05) is 11.4 Å². The van der Waals surface area contributed by atoms with E-state index in [-0.39, 0.29) is 6.04 Å². The van der Waals surface area contributed by atoms with Crippen LogP contribution in [0, 0.1) is 20.8 Å². The lowest BCUT2D eigenvalue weighted by atomic mass is 10.1. The Hall–Kier alpha value is -1.90. The molecule has 0 aliphatic heterocycles. The Labute approximate surface area is 108 Å². The Morgan fingerprint density at radius 2 is 1.50 bits per heavy atom. The zero-order valence-corrected chi connectivity index (χ0v) is 11.4. The first-order chi connectivity index (χ1) is 8.54. The second-order valence-electron chi connectivity index (χ2n) is 4.75. The molecule has 1 heterocycles. The highest BCUT2D eigenvalue weighted by Crippen LogP contribution is 2.17. The normalized spacial score (nSPS) is 12.2. The number of aromatic nitrogens is 2. The minimum absolute atomic E-state index is 0.201. The van der Waals surface area contributed by atoms with E-state index in [0.29, 0.717) is 5.95 Å². The van der Waals surface area contributed by atoms with Gasteiger partial charge in [-0.15, -0.1) is 0 Å². The lowest BCUT2D eigenvalue weighted by Crippen LogP contribution is -2.10. The number of aryl methyl sites for hydroxylation is 3. The van der Waals surface area contributed by atoms with Crippen LogP contribution in [0.2, 0.25) is 0 Å². The van der Waals surface area contributed by atoms with Crippen LogP contribution in [-0.2, 0) is 0 Å². The van der Waals surface area contributed by atoms with Crippen molar-refractivity contribution in [2.24, 2.45) is 0 Å². The molecule has 1 atom stereocenters. The van der Waals surface area contributed by atoms with E-state index in [1.807, 2.05) is 19.9 Å². The van der Waals surface area contributed by atoms with Gasteiger partial charge in [0.15, 0.2) is 0 Å². The number of nitrogens with one attached hydrogen (secondary N) is 1. The summed E-state index contributed by atoms with van der Waals surface area (Å²) in [5.41, 5.74) is 4.49. The summed E-state index contributed by atoms with van der Waals surface area (Å²) in [7, 11) is 0. The molecule has 2 aromatic rings. The average Bonchev–Trinajstić information content (AvgIpc) is 2.28. The maximum Gasteiger partial charge on any atom is 0.223 e. The summed E-state index contributed by atoms with van der Waals surface area (Å²) in [6.45, 7) is 8.17. The van der Waals surface area contributed by atoms with E-state index in [1.54, 1.807) is 0 Å². The standard InChI is InChI=1S/C15H19N3/c1-10-5-7-14(8-6-10)13(4)18-15-16-11(2)9-12(3)17-15/h5-9,13H,1-4H3,(H,16,17,18). The first-order valence-corrected chi connectivity index (χ1v) is 6.20. The van der Waals surface area contributed by atoms with Gasteiger partial charge in [0.2, 0.25) is 5.95 Å². The minimum atomic E-state index is 0.201. The number of nitrogens with zero attached hydrogens (tertiary/aromatic N) is 2. The molecule has 1 unspecified atom stereocenters. The van der Waals surface area contributed by atoms with E-state index in [0.717, 1.165) is 11.4 Å². The molecule has 1 aromatic heterocycles. The van der Waals surface area contributed by atoms with E-state index in [4.69, 9.17) is 0 Å². The summed E-state index contributed by atoms with van der Waals surface area (Å²) in [4.78, 5) is 8.79. The highest BCUT2D eigenvalue weighted by molar-refractivity contribution is 5.34. The largest absolute Gasteiger partial charge is 0.348 e. The van der Waals surface area contributed by atoms with E-state index in [2.05, 4.69) is 53.4 Å². The second-order valence-corrected chi connectivity index (χ2v) is 4.75. The number of anilines is 1. The molecule has 0 saturated heterocycles. The van der Waals surface area contributed by atoms with E-state index in [9.17, 15) is 0 Å². The minimum Gasteiger partial charge on any atom is -0.348 e. The van der Waals surface area contributed by atoms with Crippen molar-refractivity contribution in [3.8, 4) is 0 Å². The fourth-order valence-electron chi connectivity index (χ4n) is 1.92. The van der Waals surface area contributed by atoms with Gasteiger partial charge in [-0.25, -0.2) is 9.97 Å². The van der Waals surface area contributed by atoms with Crippen molar-refractivity contribution >= 4 is 5.95 Å². The number of hydrogen-bond donors (Lipinski definition) is 1. The molecule has 94 valence electrons. The SMILES string of the molecule is Cc1ccc(C(C)Nc2nc(C)cc(C)n2)cc1. The van der Waals surface area contributed by atoms with E-state index >= 15 is 0 Å². The molecule has 0 radical (unpaired) electrons. The van der Waals surface area contributed by atoms with Gasteiger partial charge >= 0.3 is 0 Å². The van der Waals surface area contributed by atoms with Gasteiger partial charge in [-0.05, 0) is 39.3 Å². The van der Waals surface area contributed by atoms with Crippen molar-refractivity contribution in [1.82, 2.24) is 9.97 Å². The third-order valence-electron chi connectivity index (χ3n) is 2.91. The molecule has 0 bridgehead atoms. The fourth-order valence-corrected chi connectivity index (χ4v) is 1.92. The smallest absolute Gasteiger partial charge is 0.223 e. The van der Waals surface area contributed by atoms with E-state index in [1.165, 1.54) is 11.1 Å². The molecule has 3 nitrogen and oxygen atoms in total. The summed E-state index contributed by atoms with van der Waals surface area (Å²) in [5.74, 6) is 0.695. The van der Waals surface area contributed by atoms with Crippen molar-refractivity contribution in [2.75, 3.05) is 5.32 Å². The molecule has 3 heteroatoms. The Morgan fingerprint density at radius 1 is 0.944 bits per heavy atom. The van der Waals surface area contributed by atoms with Crippen LogP contribution in [0.25, 0.3) is 0 Å². The average molecular weight is 241 g/mol. The second kappa shape index (κ2) is 5.17. The van der Waals surface area contributed by atoms with Crippen LogP contribution in [0.1, 0.15) is 35.5 Å². The third kappa shape index (κ3) is 3.06. The van der Waals surface area contributed by atoms with Crippen molar-refractivity contribution in [3.63, 3.8) is 0 Å². The zero-order valence-electron chi connectivity index (χ0n) is 11.4. The van der Waals surface area contributed by atoms with Crippen LogP contribution in [0.3, 0.4) is 0 Å². The molecule has 1 N–H and O–H groups in total. The molecule has 0 amide bonds. The molecular formula is C15H19N3. The number of benzene rings is 1. The van der Waals surface area contributed by atoms with Crippen molar-refractivity contribution in [1.29, 1.82) is 0 Å². The molecule has 1 aromatic carbocycles. The van der Waals surface area contributed by atoms with Gasteiger partial charge < -0.3 is 5.32 Å². The summed E-state index contributed by atoms with van der Waals surface area (Å²) >= 11 is 0. The van der Waals surface area contributed by atoms with Gasteiger partial charge in [0.25, 0.3) is 0 Å². The van der Waals surface area contributed by atoms with E-state index < -0.39 is 0 Å². The van der Waals surface area contributed by atoms with Crippen LogP contribution in [-0.4, -0.2) is 9.97 Å². The molecule has 2 rings (SSSR count). The van der Waals surface area contributed by atoms with Crippen LogP contribution in [0.4, 0.5) is 5.95 Å². The van der Waals surface area contributed by atoms with Gasteiger partial charge in [-0.3, -0.25) is 0 Å². The summed E-state index contributed by atoms with van der Waals surface area (Å²) in [5, 5.41) is 3.34. The molecule has 0 aliphatic rings. The predicted octanol–water partition coefficient (Wildman–Crippen LogP) is 3.57. The van der Waals surface area contributed by atoms with Crippen LogP contribution >= 0.6 is 0 Å². The summed E-state index contributed by atoms with van der Waals surface area (Å²) < 4.78 is 0. The van der Waals surface area contributed by atoms with Gasteiger partial charge in [0.05, 0.1) is 6.04 Å². The lowest BCUT2D eigenvalue weighted by molar-refractivity contribution is 0.852. The van der Waals surface area contributed by atoms with Gasteiger partial charge in [0.1, 0.15) is 0 Å². The molecule has 0 saturated carbocycles. The first kappa shape index (κ1) is 12.6. The monoisotopic (exact) mass is 241 g/mol. The quantitative estimate of drug-likeness (QED) is 0.892. The molecule has 0 fully saturated rings. The number of hydrogen-bond acceptors (Lipinski definition) is 3. The maximum absolute atomic E-state index is 4.39. The van der Waals surface area contributed by atoms with Gasteiger partial charge in [-0.1, -0.05) is 29.8 Å². The maximum atomic E-state index is 4.39. The van der Waals surface area contributed by atoms with Crippen molar-refractivity contribution < 1.29 is 0 Å². The lowest BCUT2D eigenvalue weighted by Gasteiger charge is -2.15. The fraction of sp³-hybridized carbons (Fsp3) is 0.333. The molecule has 18 heavy (non-hydrogen) atoms. The topological polar surface area (TPSA) is 37.8 Å². The Bertz CT molecular complexity index is 512.